The van der Waals surface area contributed by atoms with Crippen LogP contribution in [-0.2, 0) is 14.3 Å². The zero-order valence-electron chi connectivity index (χ0n) is 9.80. The Morgan fingerprint density at radius 3 is 2.76 bits per heavy atom. The Bertz CT molecular complexity index is 248. The van der Waals surface area contributed by atoms with Crippen molar-refractivity contribution in [3.63, 3.8) is 0 Å². The molecule has 2 N–H and O–H groups in total. The highest BCUT2D eigenvalue weighted by atomic mass is 19.3. The van der Waals surface area contributed by atoms with E-state index in [-0.39, 0.29) is 31.3 Å². The standard InChI is InChI=1S/C10H18F2N2O3/c1-10(6-13-7-10)17-5-9(15)14-2-3-16-4-8(11)12/h8,13H,2-7H2,1H3,(H,14,15). The van der Waals surface area contributed by atoms with Gasteiger partial charge in [-0.2, -0.15) is 0 Å². The summed E-state index contributed by atoms with van der Waals surface area (Å²) in [5, 5.41) is 5.57. The number of nitrogens with one attached hydrogen (secondary N) is 2. The number of alkyl halides is 2. The normalized spacial score (nSPS) is 17.9. The fourth-order valence-electron chi connectivity index (χ4n) is 1.30. The van der Waals surface area contributed by atoms with Crippen LogP contribution in [0.25, 0.3) is 0 Å². The third kappa shape index (κ3) is 5.90. The number of halogens is 2. The molecule has 1 rings (SSSR count). The highest BCUT2D eigenvalue weighted by Gasteiger charge is 2.32. The highest BCUT2D eigenvalue weighted by Crippen LogP contribution is 2.14. The molecule has 0 aromatic heterocycles. The molecule has 0 aromatic rings. The molecule has 0 unspecified atom stereocenters. The molecule has 1 saturated heterocycles. The maximum Gasteiger partial charge on any atom is 0.261 e. The molecule has 1 heterocycles. The Hall–Kier alpha value is -0.790. The maximum absolute atomic E-state index is 11.7. The summed E-state index contributed by atoms with van der Waals surface area (Å²) < 4.78 is 33.4. The van der Waals surface area contributed by atoms with Crippen LogP contribution in [0.5, 0.6) is 0 Å². The second-order valence-electron chi connectivity index (χ2n) is 4.16. The van der Waals surface area contributed by atoms with Crippen molar-refractivity contribution in [1.82, 2.24) is 10.6 Å². The van der Waals surface area contributed by atoms with Gasteiger partial charge in [0.05, 0.1) is 12.2 Å². The monoisotopic (exact) mass is 252 g/mol. The van der Waals surface area contributed by atoms with E-state index in [1.165, 1.54) is 0 Å². The number of carbonyl (C=O) groups is 1. The lowest BCUT2D eigenvalue weighted by Crippen LogP contribution is -2.59. The number of carbonyl (C=O) groups excluding carboxylic acids is 1. The lowest BCUT2D eigenvalue weighted by Gasteiger charge is -2.38. The van der Waals surface area contributed by atoms with Gasteiger partial charge in [-0.3, -0.25) is 4.79 Å². The molecule has 1 amide bonds. The quantitative estimate of drug-likeness (QED) is 0.586. The SMILES string of the molecule is CC1(OCC(=O)NCCOCC(F)F)CNC1. The highest BCUT2D eigenvalue weighted by molar-refractivity contribution is 5.77. The topological polar surface area (TPSA) is 59.6 Å². The van der Waals surface area contributed by atoms with Gasteiger partial charge >= 0.3 is 0 Å². The molecule has 7 heteroatoms. The molecule has 1 fully saturated rings. The van der Waals surface area contributed by atoms with Crippen LogP contribution in [-0.4, -0.2) is 57.4 Å². The van der Waals surface area contributed by atoms with Crippen LogP contribution in [0.15, 0.2) is 0 Å². The van der Waals surface area contributed by atoms with E-state index in [1.807, 2.05) is 6.92 Å². The van der Waals surface area contributed by atoms with E-state index in [0.717, 1.165) is 13.1 Å². The molecule has 0 atom stereocenters. The van der Waals surface area contributed by atoms with Crippen LogP contribution in [0.2, 0.25) is 0 Å². The number of amides is 1. The molecule has 1 aliphatic rings. The van der Waals surface area contributed by atoms with Crippen molar-refractivity contribution < 1.29 is 23.0 Å². The molecule has 0 radical (unpaired) electrons. The molecular weight excluding hydrogens is 234 g/mol. The summed E-state index contributed by atoms with van der Waals surface area (Å²) in [5.41, 5.74) is -0.260. The zero-order valence-corrected chi connectivity index (χ0v) is 9.80. The van der Waals surface area contributed by atoms with Crippen LogP contribution < -0.4 is 10.6 Å². The van der Waals surface area contributed by atoms with E-state index in [1.54, 1.807) is 0 Å². The third-order valence-electron chi connectivity index (χ3n) is 2.36. The van der Waals surface area contributed by atoms with Crippen LogP contribution in [0, 0.1) is 0 Å². The van der Waals surface area contributed by atoms with Gasteiger partial charge in [-0.05, 0) is 6.92 Å². The van der Waals surface area contributed by atoms with Gasteiger partial charge in [0, 0.05) is 19.6 Å². The Morgan fingerprint density at radius 2 is 2.24 bits per heavy atom. The summed E-state index contributed by atoms with van der Waals surface area (Å²) in [7, 11) is 0. The second-order valence-corrected chi connectivity index (χ2v) is 4.16. The smallest absolute Gasteiger partial charge is 0.261 e. The first kappa shape index (κ1) is 14.3. The van der Waals surface area contributed by atoms with Crippen molar-refractivity contribution in [2.75, 3.05) is 39.5 Å². The fourth-order valence-corrected chi connectivity index (χ4v) is 1.30. The first-order valence-electron chi connectivity index (χ1n) is 5.49. The third-order valence-corrected chi connectivity index (χ3v) is 2.36. The molecule has 0 bridgehead atoms. The van der Waals surface area contributed by atoms with Crippen LogP contribution in [0.1, 0.15) is 6.92 Å². The summed E-state index contributed by atoms with van der Waals surface area (Å²) >= 11 is 0. The van der Waals surface area contributed by atoms with Crippen molar-refractivity contribution in [2.24, 2.45) is 0 Å². The molecule has 1 aliphatic heterocycles. The van der Waals surface area contributed by atoms with E-state index < -0.39 is 13.0 Å². The molecular formula is C10H18F2N2O3. The van der Waals surface area contributed by atoms with Crippen LogP contribution in [0.4, 0.5) is 8.78 Å². The first-order valence-corrected chi connectivity index (χ1v) is 5.49. The lowest BCUT2D eigenvalue weighted by atomic mass is 10.0. The van der Waals surface area contributed by atoms with Crippen molar-refractivity contribution >= 4 is 5.91 Å². The summed E-state index contributed by atoms with van der Waals surface area (Å²) in [6, 6.07) is 0. The number of ether oxygens (including phenoxy) is 2. The van der Waals surface area contributed by atoms with Gasteiger partial charge in [0.2, 0.25) is 5.91 Å². The van der Waals surface area contributed by atoms with E-state index in [4.69, 9.17) is 4.74 Å². The summed E-state index contributed by atoms with van der Waals surface area (Å²) in [6.07, 6.45) is -2.47. The van der Waals surface area contributed by atoms with E-state index in [2.05, 4.69) is 15.4 Å². The second kappa shape index (κ2) is 6.83. The van der Waals surface area contributed by atoms with Crippen molar-refractivity contribution in [1.29, 1.82) is 0 Å². The van der Waals surface area contributed by atoms with Crippen molar-refractivity contribution in [3.8, 4) is 0 Å². The minimum absolute atomic E-state index is 0.0208. The molecule has 0 saturated carbocycles. The lowest BCUT2D eigenvalue weighted by molar-refractivity contribution is -0.136. The Kier molecular flexibility index (Phi) is 5.73. The summed E-state index contributed by atoms with van der Waals surface area (Å²) in [6.45, 7) is 3.06. The zero-order chi connectivity index (χ0) is 12.7. The average Bonchev–Trinajstić information content (AvgIpc) is 2.23. The van der Waals surface area contributed by atoms with Gasteiger partial charge in [-0.25, -0.2) is 8.78 Å². The molecule has 0 spiro atoms. The largest absolute Gasteiger partial charge is 0.374 e. The maximum atomic E-state index is 11.7. The van der Waals surface area contributed by atoms with Crippen molar-refractivity contribution in [2.45, 2.75) is 19.0 Å². The predicted molar refractivity (Wildman–Crippen MR) is 57.1 cm³/mol. The van der Waals surface area contributed by atoms with E-state index in [0.29, 0.717) is 0 Å². The van der Waals surface area contributed by atoms with E-state index >= 15 is 0 Å². The Morgan fingerprint density at radius 1 is 1.53 bits per heavy atom. The minimum Gasteiger partial charge on any atom is -0.374 e. The number of rotatable bonds is 8. The van der Waals surface area contributed by atoms with Gasteiger partial charge in [0.25, 0.3) is 6.43 Å². The first-order chi connectivity index (χ1) is 8.02. The Labute approximate surface area is 98.8 Å². The molecule has 5 nitrogen and oxygen atoms in total. The van der Waals surface area contributed by atoms with Gasteiger partial charge in [-0.1, -0.05) is 0 Å². The molecule has 17 heavy (non-hydrogen) atoms. The number of hydrogen-bond acceptors (Lipinski definition) is 4. The summed E-state index contributed by atoms with van der Waals surface area (Å²) in [5.74, 6) is -0.265. The molecule has 0 aromatic carbocycles. The average molecular weight is 252 g/mol. The van der Waals surface area contributed by atoms with Gasteiger partial charge < -0.3 is 20.1 Å². The summed E-state index contributed by atoms with van der Waals surface area (Å²) in [4.78, 5) is 11.3. The van der Waals surface area contributed by atoms with Gasteiger partial charge in [0.15, 0.2) is 0 Å². The Balaban J connectivity index is 1.94. The van der Waals surface area contributed by atoms with Gasteiger partial charge in [0.1, 0.15) is 13.2 Å². The van der Waals surface area contributed by atoms with Crippen LogP contribution in [0.3, 0.4) is 0 Å². The molecule has 0 aliphatic carbocycles. The minimum atomic E-state index is -2.47. The number of hydrogen-bond donors (Lipinski definition) is 2. The van der Waals surface area contributed by atoms with Crippen LogP contribution >= 0.6 is 0 Å². The van der Waals surface area contributed by atoms with E-state index in [9.17, 15) is 13.6 Å². The van der Waals surface area contributed by atoms with Crippen molar-refractivity contribution in [3.05, 3.63) is 0 Å². The fraction of sp³-hybridized carbons (Fsp3) is 0.900. The predicted octanol–water partition coefficient (Wildman–Crippen LogP) is -0.237. The molecule has 100 valence electrons. The van der Waals surface area contributed by atoms with Gasteiger partial charge in [-0.15, -0.1) is 0 Å².